The monoisotopic (exact) mass is 339 g/mol. The van der Waals surface area contributed by atoms with Gasteiger partial charge in [-0.1, -0.05) is 0 Å². The van der Waals surface area contributed by atoms with Gasteiger partial charge in [0.25, 0.3) is 0 Å². The van der Waals surface area contributed by atoms with Crippen LogP contribution in [0.5, 0.6) is 0 Å². The summed E-state index contributed by atoms with van der Waals surface area (Å²) in [5.41, 5.74) is -0.199. The van der Waals surface area contributed by atoms with E-state index in [4.69, 9.17) is 9.15 Å². The third-order valence-corrected chi connectivity index (χ3v) is 8.02. The summed E-state index contributed by atoms with van der Waals surface area (Å²) >= 11 is 0. The van der Waals surface area contributed by atoms with E-state index in [0.29, 0.717) is 44.5 Å². The lowest BCUT2D eigenvalue weighted by molar-refractivity contribution is 0.138. The van der Waals surface area contributed by atoms with Crippen LogP contribution in [0.4, 0.5) is 0 Å². The minimum Gasteiger partial charge on any atom is -0.425 e. The minimum absolute atomic E-state index is 0.149. The van der Waals surface area contributed by atoms with E-state index in [9.17, 15) is 8.42 Å². The SMILES string of the molecule is O=S(=O)(C1CC1)N1C[C@@H]2COC[C@]2(Cc2nnc(C3CC3)o2)C1. The number of sulfonamides is 1. The Labute approximate surface area is 135 Å². The van der Waals surface area contributed by atoms with Crippen LogP contribution in [0.15, 0.2) is 4.42 Å². The fraction of sp³-hybridized carbons (Fsp3) is 0.867. The highest BCUT2D eigenvalue weighted by Crippen LogP contribution is 2.47. The molecule has 0 amide bonds. The lowest BCUT2D eigenvalue weighted by Gasteiger charge is -2.25. The summed E-state index contributed by atoms with van der Waals surface area (Å²) in [7, 11) is -3.13. The summed E-state index contributed by atoms with van der Waals surface area (Å²) in [6.07, 6.45) is 4.49. The van der Waals surface area contributed by atoms with E-state index in [1.54, 1.807) is 4.31 Å². The molecule has 2 saturated heterocycles. The zero-order valence-corrected chi connectivity index (χ0v) is 13.8. The number of fused-ring (bicyclic) bond motifs is 1. The maximum atomic E-state index is 12.6. The highest BCUT2D eigenvalue weighted by molar-refractivity contribution is 7.90. The first-order chi connectivity index (χ1) is 11.1. The van der Waals surface area contributed by atoms with Crippen molar-refractivity contribution in [2.45, 2.75) is 43.3 Å². The Balaban J connectivity index is 1.38. The molecule has 0 unspecified atom stereocenters. The molecule has 0 spiro atoms. The first kappa shape index (κ1) is 14.4. The maximum absolute atomic E-state index is 12.6. The van der Waals surface area contributed by atoms with Gasteiger partial charge in [-0.05, 0) is 25.7 Å². The topological polar surface area (TPSA) is 85.5 Å². The molecule has 0 aromatic carbocycles. The van der Waals surface area contributed by atoms with Crippen molar-refractivity contribution < 1.29 is 17.6 Å². The zero-order chi connectivity index (χ0) is 15.7. The molecular formula is C15H21N3O4S. The summed E-state index contributed by atoms with van der Waals surface area (Å²) in [6.45, 7) is 2.30. The molecule has 0 N–H and O–H groups in total. The van der Waals surface area contributed by atoms with Crippen LogP contribution in [0.1, 0.15) is 43.4 Å². The molecule has 4 fully saturated rings. The molecule has 1 aromatic heterocycles. The van der Waals surface area contributed by atoms with E-state index in [1.165, 1.54) is 0 Å². The van der Waals surface area contributed by atoms with Gasteiger partial charge in [0.1, 0.15) is 0 Å². The molecule has 8 heteroatoms. The summed E-state index contributed by atoms with van der Waals surface area (Å²) < 4.78 is 38.3. The fourth-order valence-corrected chi connectivity index (χ4v) is 5.92. The van der Waals surface area contributed by atoms with Crippen molar-refractivity contribution in [1.29, 1.82) is 0 Å². The van der Waals surface area contributed by atoms with Crippen LogP contribution >= 0.6 is 0 Å². The Morgan fingerprint density at radius 2 is 2.04 bits per heavy atom. The molecule has 2 aliphatic carbocycles. The lowest BCUT2D eigenvalue weighted by Crippen LogP contribution is -2.36. The molecule has 2 aliphatic heterocycles. The van der Waals surface area contributed by atoms with Gasteiger partial charge in [0.2, 0.25) is 21.8 Å². The predicted octanol–water partition coefficient (Wildman–Crippen LogP) is 0.930. The van der Waals surface area contributed by atoms with Crippen LogP contribution in [0.2, 0.25) is 0 Å². The largest absolute Gasteiger partial charge is 0.425 e. The van der Waals surface area contributed by atoms with Crippen LogP contribution in [-0.2, 0) is 21.2 Å². The number of aromatic nitrogens is 2. The van der Waals surface area contributed by atoms with E-state index in [0.717, 1.165) is 31.6 Å². The predicted molar refractivity (Wildman–Crippen MR) is 80.2 cm³/mol. The smallest absolute Gasteiger partial charge is 0.219 e. The van der Waals surface area contributed by atoms with Crippen molar-refractivity contribution in [3.8, 4) is 0 Å². The van der Waals surface area contributed by atoms with Crippen LogP contribution in [0.3, 0.4) is 0 Å². The Hall–Kier alpha value is -0.990. The number of hydrogen-bond donors (Lipinski definition) is 0. The lowest BCUT2D eigenvalue weighted by atomic mass is 9.78. The highest BCUT2D eigenvalue weighted by atomic mass is 32.2. The molecule has 4 aliphatic rings. The number of nitrogens with zero attached hydrogens (tertiary/aromatic N) is 3. The van der Waals surface area contributed by atoms with Gasteiger partial charge in [-0.15, -0.1) is 10.2 Å². The van der Waals surface area contributed by atoms with E-state index in [2.05, 4.69) is 10.2 Å². The van der Waals surface area contributed by atoms with Crippen molar-refractivity contribution >= 4 is 10.0 Å². The van der Waals surface area contributed by atoms with Gasteiger partial charge in [0, 0.05) is 36.8 Å². The second-order valence-corrected chi connectivity index (χ2v) is 9.81. The van der Waals surface area contributed by atoms with Crippen LogP contribution < -0.4 is 0 Å². The Morgan fingerprint density at radius 1 is 1.22 bits per heavy atom. The first-order valence-corrected chi connectivity index (χ1v) is 9.96. The van der Waals surface area contributed by atoms with Crippen molar-refractivity contribution in [3.05, 3.63) is 11.8 Å². The molecule has 3 heterocycles. The van der Waals surface area contributed by atoms with Gasteiger partial charge >= 0.3 is 0 Å². The molecule has 0 bridgehead atoms. The molecule has 126 valence electrons. The second kappa shape index (κ2) is 4.77. The Morgan fingerprint density at radius 3 is 2.78 bits per heavy atom. The van der Waals surface area contributed by atoms with Gasteiger partial charge in [0.15, 0.2) is 0 Å². The van der Waals surface area contributed by atoms with Gasteiger partial charge < -0.3 is 9.15 Å². The Bertz CT molecular complexity index is 725. The number of rotatable bonds is 5. The average molecular weight is 339 g/mol. The molecule has 1 aromatic rings. The van der Waals surface area contributed by atoms with Gasteiger partial charge in [-0.2, -0.15) is 0 Å². The van der Waals surface area contributed by atoms with Gasteiger partial charge in [0.05, 0.1) is 18.5 Å². The van der Waals surface area contributed by atoms with Crippen LogP contribution in [0.25, 0.3) is 0 Å². The fourth-order valence-electron chi connectivity index (χ4n) is 3.94. The number of ether oxygens (including phenoxy) is 1. The summed E-state index contributed by atoms with van der Waals surface area (Å²) in [5, 5.41) is 8.19. The minimum atomic E-state index is -3.13. The van der Waals surface area contributed by atoms with Crippen molar-refractivity contribution in [3.63, 3.8) is 0 Å². The summed E-state index contributed by atoms with van der Waals surface area (Å²) in [5.74, 6) is 2.05. The van der Waals surface area contributed by atoms with E-state index in [-0.39, 0.29) is 16.6 Å². The summed E-state index contributed by atoms with van der Waals surface area (Å²) in [4.78, 5) is 0. The first-order valence-electron chi connectivity index (χ1n) is 8.46. The zero-order valence-electron chi connectivity index (χ0n) is 13.0. The van der Waals surface area contributed by atoms with Crippen LogP contribution in [-0.4, -0.2) is 54.5 Å². The van der Waals surface area contributed by atoms with E-state index < -0.39 is 10.0 Å². The van der Waals surface area contributed by atoms with E-state index >= 15 is 0 Å². The number of hydrogen-bond acceptors (Lipinski definition) is 6. The molecule has 7 nitrogen and oxygen atoms in total. The molecule has 2 atom stereocenters. The van der Waals surface area contributed by atoms with E-state index in [1.807, 2.05) is 0 Å². The Kier molecular flexibility index (Phi) is 2.98. The average Bonchev–Trinajstić information content (AvgIpc) is 3.42. The highest BCUT2D eigenvalue weighted by Gasteiger charge is 2.56. The second-order valence-electron chi connectivity index (χ2n) is 7.60. The van der Waals surface area contributed by atoms with Gasteiger partial charge in [-0.25, -0.2) is 12.7 Å². The quantitative estimate of drug-likeness (QED) is 0.793. The maximum Gasteiger partial charge on any atom is 0.219 e. The van der Waals surface area contributed by atoms with Crippen LogP contribution in [0, 0.1) is 11.3 Å². The molecular weight excluding hydrogens is 318 g/mol. The molecule has 23 heavy (non-hydrogen) atoms. The molecule has 2 saturated carbocycles. The standard InChI is InChI=1S/C15H21N3O4S/c19-23(20,12-3-4-12)18-6-11-7-21-9-15(11,8-18)5-13-16-17-14(22-13)10-1-2-10/h10-12H,1-9H2/t11-,15+/m1/s1. The molecule has 5 rings (SSSR count). The molecule has 0 radical (unpaired) electrons. The normalized spacial score (nSPS) is 34.9. The van der Waals surface area contributed by atoms with Crippen molar-refractivity contribution in [1.82, 2.24) is 14.5 Å². The summed E-state index contributed by atoms with van der Waals surface area (Å²) in [6, 6.07) is 0. The third-order valence-electron chi connectivity index (χ3n) is 5.71. The van der Waals surface area contributed by atoms with Crippen molar-refractivity contribution in [2.75, 3.05) is 26.3 Å². The van der Waals surface area contributed by atoms with Crippen molar-refractivity contribution in [2.24, 2.45) is 11.3 Å². The third kappa shape index (κ3) is 2.34. The van der Waals surface area contributed by atoms with Gasteiger partial charge in [-0.3, -0.25) is 0 Å².